The number of imide groups is 2. The summed E-state index contributed by atoms with van der Waals surface area (Å²) in [7, 11) is 1.46. The molecule has 0 spiro atoms. The highest BCUT2D eigenvalue weighted by Gasteiger charge is 2.28. The van der Waals surface area contributed by atoms with Gasteiger partial charge >= 0.3 is 6.03 Å². The minimum Gasteiger partial charge on any atom is -0.493 e. The third kappa shape index (κ3) is 4.15. The highest BCUT2D eigenvalue weighted by Crippen LogP contribution is 2.37. The average molecular weight is 401 g/mol. The number of carbonyl (C=O) groups is 3. The van der Waals surface area contributed by atoms with Crippen LogP contribution >= 0.6 is 11.6 Å². The molecule has 1 heterocycles. The summed E-state index contributed by atoms with van der Waals surface area (Å²) in [6.07, 6.45) is 1.32. The van der Waals surface area contributed by atoms with E-state index in [1.165, 1.54) is 13.2 Å². The molecule has 4 amide bonds. The van der Waals surface area contributed by atoms with E-state index in [4.69, 9.17) is 21.1 Å². The summed E-state index contributed by atoms with van der Waals surface area (Å²) in [6.45, 7) is 2.29. The first kappa shape index (κ1) is 19.4. The van der Waals surface area contributed by atoms with Gasteiger partial charge in [-0.2, -0.15) is 0 Å². The maximum atomic E-state index is 11.9. The van der Waals surface area contributed by atoms with Gasteiger partial charge in [0.25, 0.3) is 11.8 Å². The van der Waals surface area contributed by atoms with Crippen molar-refractivity contribution in [2.45, 2.75) is 13.5 Å². The fraction of sp³-hybridized carbons (Fsp3) is 0.150. The van der Waals surface area contributed by atoms with E-state index < -0.39 is 17.8 Å². The summed E-state index contributed by atoms with van der Waals surface area (Å²) in [4.78, 5) is 34.9. The molecule has 1 aliphatic heterocycles. The zero-order valence-electron chi connectivity index (χ0n) is 15.2. The Kier molecular flexibility index (Phi) is 5.65. The van der Waals surface area contributed by atoms with Gasteiger partial charge in [0.05, 0.1) is 12.1 Å². The molecular formula is C20H17ClN2O5. The molecule has 0 bridgehead atoms. The predicted octanol–water partition coefficient (Wildman–Crippen LogP) is 2.99. The Morgan fingerprint density at radius 1 is 1.07 bits per heavy atom. The van der Waals surface area contributed by atoms with Gasteiger partial charge in [-0.25, -0.2) is 4.79 Å². The van der Waals surface area contributed by atoms with Crippen LogP contribution in [0.25, 0.3) is 6.08 Å². The summed E-state index contributed by atoms with van der Waals surface area (Å²) in [5, 5.41) is 4.28. The lowest BCUT2D eigenvalue weighted by molar-refractivity contribution is -0.123. The second kappa shape index (κ2) is 8.14. The van der Waals surface area contributed by atoms with E-state index in [0.29, 0.717) is 23.7 Å². The van der Waals surface area contributed by atoms with E-state index in [1.54, 1.807) is 12.1 Å². The van der Waals surface area contributed by atoms with E-state index in [2.05, 4.69) is 0 Å². The van der Waals surface area contributed by atoms with Crippen LogP contribution in [0.15, 0.2) is 42.0 Å². The molecule has 2 N–H and O–H groups in total. The first-order valence-electron chi connectivity index (χ1n) is 8.32. The lowest BCUT2D eigenvalue weighted by Gasteiger charge is -2.16. The predicted molar refractivity (Wildman–Crippen MR) is 103 cm³/mol. The van der Waals surface area contributed by atoms with Gasteiger partial charge in [0, 0.05) is 0 Å². The van der Waals surface area contributed by atoms with Crippen molar-refractivity contribution < 1.29 is 23.9 Å². The number of ether oxygens (including phenoxy) is 2. The summed E-state index contributed by atoms with van der Waals surface area (Å²) in [5.74, 6) is -0.879. The summed E-state index contributed by atoms with van der Waals surface area (Å²) in [6, 6.07) is 10.1. The number of nitrogens with one attached hydrogen (secondary N) is 2. The number of hydrogen-bond donors (Lipinski definition) is 2. The second-order valence-electron chi connectivity index (χ2n) is 6.04. The standard InChI is InChI=1S/C20H17ClN2O5/c1-11-5-3-4-6-13(11)10-28-17-15(21)8-12(9-16(17)27-2)7-14-18(24)22-20(26)23-19(14)25/h3-9H,10H2,1-2H3,(H2,22,23,24,25,26). The zero-order chi connectivity index (χ0) is 20.3. The van der Waals surface area contributed by atoms with Crippen LogP contribution in [0.2, 0.25) is 5.02 Å². The van der Waals surface area contributed by atoms with Gasteiger partial charge in [0.2, 0.25) is 0 Å². The minimum atomic E-state index is -0.859. The molecule has 0 saturated carbocycles. The van der Waals surface area contributed by atoms with Crippen molar-refractivity contribution >= 4 is 35.5 Å². The van der Waals surface area contributed by atoms with Crippen molar-refractivity contribution in [1.82, 2.24) is 10.6 Å². The molecule has 0 atom stereocenters. The number of rotatable bonds is 5. The van der Waals surface area contributed by atoms with E-state index in [1.807, 2.05) is 41.8 Å². The number of urea groups is 1. The number of halogens is 1. The van der Waals surface area contributed by atoms with Gasteiger partial charge in [-0.05, 0) is 41.8 Å². The fourth-order valence-electron chi connectivity index (χ4n) is 2.66. The van der Waals surface area contributed by atoms with Gasteiger partial charge in [0.15, 0.2) is 11.5 Å². The molecule has 8 heteroatoms. The molecule has 0 aliphatic carbocycles. The maximum absolute atomic E-state index is 11.9. The Balaban J connectivity index is 1.88. The van der Waals surface area contributed by atoms with Crippen molar-refractivity contribution in [3.8, 4) is 11.5 Å². The van der Waals surface area contributed by atoms with Crippen molar-refractivity contribution in [3.05, 3.63) is 63.7 Å². The summed E-state index contributed by atoms with van der Waals surface area (Å²) in [5.41, 5.74) is 2.32. The van der Waals surface area contributed by atoms with Crippen LogP contribution in [0.4, 0.5) is 4.79 Å². The third-order valence-corrected chi connectivity index (χ3v) is 4.42. The molecule has 3 rings (SSSR count). The zero-order valence-corrected chi connectivity index (χ0v) is 15.9. The van der Waals surface area contributed by atoms with Crippen LogP contribution in [0.5, 0.6) is 11.5 Å². The summed E-state index contributed by atoms with van der Waals surface area (Å²) >= 11 is 6.34. The Morgan fingerprint density at radius 3 is 2.39 bits per heavy atom. The smallest absolute Gasteiger partial charge is 0.328 e. The highest BCUT2D eigenvalue weighted by molar-refractivity contribution is 6.33. The van der Waals surface area contributed by atoms with E-state index >= 15 is 0 Å². The van der Waals surface area contributed by atoms with E-state index in [9.17, 15) is 14.4 Å². The lowest BCUT2D eigenvalue weighted by atomic mass is 10.1. The van der Waals surface area contributed by atoms with Crippen LogP contribution in [-0.4, -0.2) is 25.0 Å². The molecule has 1 saturated heterocycles. The van der Waals surface area contributed by atoms with Crippen LogP contribution in [0.1, 0.15) is 16.7 Å². The molecule has 2 aromatic carbocycles. The molecule has 0 aromatic heterocycles. The van der Waals surface area contributed by atoms with Gasteiger partial charge < -0.3 is 9.47 Å². The first-order chi connectivity index (χ1) is 13.4. The number of hydrogen-bond acceptors (Lipinski definition) is 5. The number of barbiturate groups is 1. The Labute approximate surface area is 166 Å². The van der Waals surface area contributed by atoms with Crippen LogP contribution < -0.4 is 20.1 Å². The molecule has 144 valence electrons. The first-order valence-corrected chi connectivity index (χ1v) is 8.70. The Bertz CT molecular complexity index is 978. The van der Waals surface area contributed by atoms with Crippen LogP contribution in [0.3, 0.4) is 0 Å². The molecule has 1 aliphatic rings. The lowest BCUT2D eigenvalue weighted by Crippen LogP contribution is -2.51. The van der Waals surface area contributed by atoms with Crippen molar-refractivity contribution in [3.63, 3.8) is 0 Å². The maximum Gasteiger partial charge on any atom is 0.328 e. The van der Waals surface area contributed by atoms with Crippen LogP contribution in [-0.2, 0) is 16.2 Å². The number of carbonyl (C=O) groups excluding carboxylic acids is 3. The van der Waals surface area contributed by atoms with Crippen molar-refractivity contribution in [1.29, 1.82) is 0 Å². The third-order valence-electron chi connectivity index (χ3n) is 4.14. The van der Waals surface area contributed by atoms with E-state index in [-0.39, 0.29) is 10.6 Å². The summed E-state index contributed by atoms with van der Waals surface area (Å²) < 4.78 is 11.2. The SMILES string of the molecule is COc1cc(C=C2C(=O)NC(=O)NC2=O)cc(Cl)c1OCc1ccccc1C. The van der Waals surface area contributed by atoms with Gasteiger partial charge in [0.1, 0.15) is 12.2 Å². The molecular weight excluding hydrogens is 384 g/mol. The highest BCUT2D eigenvalue weighted by atomic mass is 35.5. The molecule has 0 radical (unpaired) electrons. The second-order valence-corrected chi connectivity index (χ2v) is 6.45. The monoisotopic (exact) mass is 400 g/mol. The molecule has 7 nitrogen and oxygen atoms in total. The number of benzene rings is 2. The quantitative estimate of drug-likeness (QED) is 0.594. The normalized spacial score (nSPS) is 13.7. The average Bonchev–Trinajstić information content (AvgIpc) is 2.64. The molecule has 28 heavy (non-hydrogen) atoms. The Morgan fingerprint density at radius 2 is 1.75 bits per heavy atom. The number of aryl methyl sites for hydroxylation is 1. The van der Waals surface area contributed by atoms with Gasteiger partial charge in [-0.1, -0.05) is 35.9 Å². The molecule has 0 unspecified atom stereocenters. The fourth-order valence-corrected chi connectivity index (χ4v) is 2.93. The van der Waals surface area contributed by atoms with Crippen LogP contribution in [0, 0.1) is 6.92 Å². The van der Waals surface area contributed by atoms with Gasteiger partial charge in [-0.3, -0.25) is 20.2 Å². The van der Waals surface area contributed by atoms with Crippen molar-refractivity contribution in [2.75, 3.05) is 7.11 Å². The molecule has 1 fully saturated rings. The van der Waals surface area contributed by atoms with E-state index in [0.717, 1.165) is 11.1 Å². The topological polar surface area (TPSA) is 93.7 Å². The Hall–Kier alpha value is -3.32. The minimum absolute atomic E-state index is 0.216. The van der Waals surface area contributed by atoms with Crippen molar-refractivity contribution in [2.24, 2.45) is 0 Å². The van der Waals surface area contributed by atoms with Gasteiger partial charge in [-0.15, -0.1) is 0 Å². The largest absolute Gasteiger partial charge is 0.493 e. The molecule has 2 aromatic rings. The number of amides is 4. The number of methoxy groups -OCH3 is 1.